The molecule has 0 radical (unpaired) electrons. The molecule has 1 aliphatic rings. The summed E-state index contributed by atoms with van der Waals surface area (Å²) in [7, 11) is 0. The van der Waals surface area contributed by atoms with E-state index in [4.69, 9.17) is 18.9 Å². The van der Waals surface area contributed by atoms with E-state index >= 15 is 0 Å². The van der Waals surface area contributed by atoms with Gasteiger partial charge in [-0.05, 0) is 38.5 Å². The van der Waals surface area contributed by atoms with Gasteiger partial charge in [-0.1, -0.05) is 238 Å². The largest absolute Gasteiger partial charge is 0.462 e. The molecule has 4 N–H and O–H groups in total. The number of allylic oxidation sites excluding steroid dienone is 2. The van der Waals surface area contributed by atoms with Crippen molar-refractivity contribution in [2.45, 2.75) is 314 Å². The molecule has 2 unspecified atom stereocenters. The lowest BCUT2D eigenvalue weighted by molar-refractivity contribution is -0.305. The first-order chi connectivity index (χ1) is 32.3. The molecule has 10 heteroatoms. The van der Waals surface area contributed by atoms with Gasteiger partial charge in [-0.3, -0.25) is 9.59 Å². The van der Waals surface area contributed by atoms with Crippen molar-refractivity contribution in [3.63, 3.8) is 0 Å². The van der Waals surface area contributed by atoms with Crippen LogP contribution in [0.2, 0.25) is 0 Å². The van der Waals surface area contributed by atoms with E-state index in [-0.39, 0.29) is 32.0 Å². The van der Waals surface area contributed by atoms with E-state index in [0.29, 0.717) is 6.42 Å². The molecule has 0 aromatic heterocycles. The Hall–Kier alpha value is -1.56. The van der Waals surface area contributed by atoms with E-state index in [1.807, 2.05) is 0 Å². The maximum Gasteiger partial charge on any atom is 0.306 e. The highest BCUT2D eigenvalue weighted by molar-refractivity contribution is 5.70. The average Bonchev–Trinajstić information content (AvgIpc) is 3.32. The molecule has 1 fully saturated rings. The standard InChI is InChI=1S/C56H106O10/c1-3-5-7-9-11-13-15-17-19-21-23-24-25-27-28-30-32-34-36-38-40-42-44-51(58)63-47-49(48-64-56-55(62)54(61)53(60)50(46-57)66-56)65-52(59)45-43-41-39-37-35-33-31-29-26-22-20-18-16-14-12-10-8-6-4-2/h18,20,49-50,53-57,60-62H,3-17,19,21-48H2,1-2H3/b20-18+/t49-,50-,53+,54?,55?,56-/m0/s1. The Labute approximate surface area is 405 Å². The molecule has 0 spiro atoms. The number of ether oxygens (including phenoxy) is 4. The Morgan fingerprint density at radius 1 is 0.455 bits per heavy atom. The second-order valence-corrected chi connectivity index (χ2v) is 19.7. The predicted octanol–water partition coefficient (Wildman–Crippen LogP) is 13.8. The normalized spacial score (nSPS) is 19.2. The van der Waals surface area contributed by atoms with Crippen LogP contribution in [0.15, 0.2) is 12.2 Å². The summed E-state index contributed by atoms with van der Waals surface area (Å²) in [6.07, 6.45) is 46.5. The third-order valence-electron chi connectivity index (χ3n) is 13.4. The van der Waals surface area contributed by atoms with Crippen LogP contribution in [-0.4, -0.2) is 89.0 Å². The highest BCUT2D eigenvalue weighted by Crippen LogP contribution is 2.23. The molecule has 66 heavy (non-hydrogen) atoms. The number of aliphatic hydroxyl groups excluding tert-OH is 4. The summed E-state index contributed by atoms with van der Waals surface area (Å²) in [5, 5.41) is 40.3. The van der Waals surface area contributed by atoms with Crippen molar-refractivity contribution in [2.75, 3.05) is 19.8 Å². The van der Waals surface area contributed by atoms with Gasteiger partial charge in [0.2, 0.25) is 0 Å². The van der Waals surface area contributed by atoms with Crippen LogP contribution in [0.3, 0.4) is 0 Å². The van der Waals surface area contributed by atoms with Gasteiger partial charge in [-0.25, -0.2) is 0 Å². The molecular weight excluding hydrogens is 833 g/mol. The molecule has 0 saturated carbocycles. The summed E-state index contributed by atoms with van der Waals surface area (Å²) in [4.78, 5) is 25.5. The fraction of sp³-hybridized carbons (Fsp3) is 0.929. The number of unbranched alkanes of at least 4 members (excludes halogenated alkanes) is 36. The van der Waals surface area contributed by atoms with Gasteiger partial charge < -0.3 is 39.4 Å². The third kappa shape index (κ3) is 37.3. The molecule has 0 amide bonds. The topological polar surface area (TPSA) is 152 Å². The molecule has 0 bridgehead atoms. The first-order valence-electron chi connectivity index (χ1n) is 28.3. The van der Waals surface area contributed by atoms with E-state index in [2.05, 4.69) is 26.0 Å². The van der Waals surface area contributed by atoms with Crippen molar-refractivity contribution in [3.05, 3.63) is 12.2 Å². The molecule has 1 rings (SSSR count). The van der Waals surface area contributed by atoms with Crippen molar-refractivity contribution in [3.8, 4) is 0 Å². The van der Waals surface area contributed by atoms with Crippen molar-refractivity contribution in [1.29, 1.82) is 0 Å². The fourth-order valence-corrected chi connectivity index (χ4v) is 8.95. The van der Waals surface area contributed by atoms with E-state index in [1.54, 1.807) is 0 Å². The van der Waals surface area contributed by atoms with Crippen LogP contribution in [0.25, 0.3) is 0 Å². The Bertz CT molecular complexity index is 1080. The van der Waals surface area contributed by atoms with Crippen molar-refractivity contribution >= 4 is 11.9 Å². The molecule has 1 aliphatic heterocycles. The molecule has 0 aromatic carbocycles. The van der Waals surface area contributed by atoms with Gasteiger partial charge in [0.05, 0.1) is 13.2 Å². The molecule has 390 valence electrons. The summed E-state index contributed by atoms with van der Waals surface area (Å²) in [6, 6.07) is 0. The van der Waals surface area contributed by atoms with E-state index in [0.717, 1.165) is 38.5 Å². The zero-order valence-corrected chi connectivity index (χ0v) is 43.0. The third-order valence-corrected chi connectivity index (χ3v) is 13.4. The van der Waals surface area contributed by atoms with Crippen molar-refractivity contribution in [1.82, 2.24) is 0 Å². The number of hydrogen-bond donors (Lipinski definition) is 4. The first kappa shape index (κ1) is 62.5. The van der Waals surface area contributed by atoms with Gasteiger partial charge in [0.25, 0.3) is 0 Å². The summed E-state index contributed by atoms with van der Waals surface area (Å²) in [6.45, 7) is 3.48. The minimum Gasteiger partial charge on any atom is -0.462 e. The highest BCUT2D eigenvalue weighted by Gasteiger charge is 2.44. The molecule has 1 heterocycles. The smallest absolute Gasteiger partial charge is 0.306 e. The SMILES string of the molecule is CCCCCCCC/C=C/CCCCCCCCCCCC(=O)O[C@@H](COC(=O)CCCCCCCCCCCCCCCCCCCCCCCC)CO[C@H]1O[C@@H](CO)[C@@H](O)C(O)C1O. The molecule has 1 saturated heterocycles. The number of carbonyl (C=O) groups is 2. The number of esters is 2. The van der Waals surface area contributed by atoms with Crippen LogP contribution in [0, 0.1) is 0 Å². The lowest BCUT2D eigenvalue weighted by Crippen LogP contribution is -2.59. The Morgan fingerprint density at radius 2 is 0.803 bits per heavy atom. The van der Waals surface area contributed by atoms with Crippen molar-refractivity contribution < 1.29 is 49.0 Å². The second kappa shape index (κ2) is 47.1. The summed E-state index contributed by atoms with van der Waals surface area (Å²) < 4.78 is 22.3. The van der Waals surface area contributed by atoms with Crippen LogP contribution in [0.4, 0.5) is 0 Å². The van der Waals surface area contributed by atoms with Gasteiger partial charge in [0.15, 0.2) is 12.4 Å². The fourth-order valence-electron chi connectivity index (χ4n) is 8.95. The zero-order chi connectivity index (χ0) is 48.0. The lowest BCUT2D eigenvalue weighted by Gasteiger charge is -2.39. The van der Waals surface area contributed by atoms with Gasteiger partial charge in [0.1, 0.15) is 31.0 Å². The van der Waals surface area contributed by atoms with Crippen LogP contribution in [0.5, 0.6) is 0 Å². The molecule has 0 aromatic rings. The van der Waals surface area contributed by atoms with Crippen LogP contribution in [-0.2, 0) is 28.5 Å². The quantitative estimate of drug-likeness (QED) is 0.0263. The van der Waals surface area contributed by atoms with E-state index in [1.165, 1.54) is 205 Å². The maximum atomic E-state index is 12.9. The average molecular weight is 939 g/mol. The summed E-state index contributed by atoms with van der Waals surface area (Å²) in [5.41, 5.74) is 0. The van der Waals surface area contributed by atoms with E-state index < -0.39 is 49.4 Å². The predicted molar refractivity (Wildman–Crippen MR) is 270 cm³/mol. The maximum absolute atomic E-state index is 12.9. The molecule has 0 aliphatic carbocycles. The number of aliphatic hydroxyl groups is 4. The van der Waals surface area contributed by atoms with E-state index in [9.17, 15) is 30.0 Å². The van der Waals surface area contributed by atoms with Crippen LogP contribution in [0.1, 0.15) is 277 Å². The van der Waals surface area contributed by atoms with Crippen LogP contribution >= 0.6 is 0 Å². The minimum absolute atomic E-state index is 0.212. The summed E-state index contributed by atoms with van der Waals surface area (Å²) in [5.74, 6) is -0.790. The molecule has 6 atom stereocenters. The highest BCUT2D eigenvalue weighted by atomic mass is 16.7. The second-order valence-electron chi connectivity index (χ2n) is 19.7. The van der Waals surface area contributed by atoms with Gasteiger partial charge >= 0.3 is 11.9 Å². The molecule has 10 nitrogen and oxygen atoms in total. The monoisotopic (exact) mass is 939 g/mol. The van der Waals surface area contributed by atoms with Crippen LogP contribution < -0.4 is 0 Å². The first-order valence-corrected chi connectivity index (χ1v) is 28.3. The summed E-state index contributed by atoms with van der Waals surface area (Å²) >= 11 is 0. The number of carbonyl (C=O) groups excluding carboxylic acids is 2. The Morgan fingerprint density at radius 3 is 1.18 bits per heavy atom. The Balaban J connectivity index is 2.20. The molecular formula is C56H106O10. The van der Waals surface area contributed by atoms with Gasteiger partial charge in [0, 0.05) is 12.8 Å². The van der Waals surface area contributed by atoms with Gasteiger partial charge in [-0.15, -0.1) is 0 Å². The zero-order valence-electron chi connectivity index (χ0n) is 43.0. The number of hydrogen-bond acceptors (Lipinski definition) is 10. The van der Waals surface area contributed by atoms with Crippen molar-refractivity contribution in [2.24, 2.45) is 0 Å². The lowest BCUT2D eigenvalue weighted by atomic mass is 9.99. The van der Waals surface area contributed by atoms with Gasteiger partial charge in [-0.2, -0.15) is 0 Å². The minimum atomic E-state index is -1.59. The number of rotatable bonds is 49. The Kier molecular flexibility index (Phi) is 44.6.